The van der Waals surface area contributed by atoms with Crippen molar-refractivity contribution in [3.05, 3.63) is 42.5 Å². The van der Waals surface area contributed by atoms with E-state index in [1.807, 2.05) is 18.4 Å². The van der Waals surface area contributed by atoms with Crippen LogP contribution in [0.3, 0.4) is 0 Å². The van der Waals surface area contributed by atoms with Crippen molar-refractivity contribution in [3.8, 4) is 6.07 Å². The van der Waals surface area contributed by atoms with Crippen molar-refractivity contribution >= 4 is 17.2 Å². The van der Waals surface area contributed by atoms with Gasteiger partial charge in [0.05, 0.1) is 11.7 Å². The molecule has 0 aliphatic rings. The molecule has 0 spiro atoms. The fourth-order valence-electron chi connectivity index (χ4n) is 2.21. The van der Waals surface area contributed by atoms with Crippen LogP contribution in [0.5, 0.6) is 0 Å². The summed E-state index contributed by atoms with van der Waals surface area (Å²) < 4.78 is 2.20. The summed E-state index contributed by atoms with van der Waals surface area (Å²) in [6.07, 6.45) is 0. The minimum atomic E-state index is -0.607. The SMILES string of the molecule is C[C@@H](Nc1c(C#N)c(=O)n(C)c(=O)n1C)c1nc(C(C)(C)C)cs1. The highest BCUT2D eigenvalue weighted by molar-refractivity contribution is 7.09. The number of hydrogen-bond acceptors (Lipinski definition) is 6. The first kappa shape index (κ1) is 17.9. The molecule has 0 unspecified atom stereocenters. The maximum Gasteiger partial charge on any atom is 0.332 e. The molecule has 8 heteroatoms. The van der Waals surface area contributed by atoms with Crippen LogP contribution in [0.1, 0.15) is 50.0 Å². The van der Waals surface area contributed by atoms with Gasteiger partial charge >= 0.3 is 5.69 Å². The highest BCUT2D eigenvalue weighted by Gasteiger charge is 2.22. The Kier molecular flexibility index (Phi) is 4.67. The van der Waals surface area contributed by atoms with Gasteiger partial charge in [-0.2, -0.15) is 5.26 Å². The number of rotatable bonds is 3. The van der Waals surface area contributed by atoms with Gasteiger partial charge in [-0.05, 0) is 6.92 Å². The molecule has 0 fully saturated rings. The van der Waals surface area contributed by atoms with Crippen LogP contribution >= 0.6 is 11.3 Å². The summed E-state index contributed by atoms with van der Waals surface area (Å²) in [7, 11) is 2.88. The fraction of sp³-hybridized carbons (Fsp3) is 0.500. The van der Waals surface area contributed by atoms with E-state index in [1.165, 1.54) is 30.0 Å². The number of nitrogens with one attached hydrogen (secondary N) is 1. The molecular weight excluding hydrogens is 326 g/mol. The van der Waals surface area contributed by atoms with Crippen molar-refractivity contribution in [1.29, 1.82) is 5.26 Å². The van der Waals surface area contributed by atoms with Gasteiger partial charge in [-0.25, -0.2) is 9.78 Å². The van der Waals surface area contributed by atoms with Gasteiger partial charge < -0.3 is 5.32 Å². The molecule has 0 bridgehead atoms. The van der Waals surface area contributed by atoms with Crippen LogP contribution in [0.2, 0.25) is 0 Å². The summed E-state index contributed by atoms with van der Waals surface area (Å²) in [6, 6.07) is 1.65. The molecule has 0 radical (unpaired) electrons. The van der Waals surface area contributed by atoms with Crippen LogP contribution < -0.4 is 16.6 Å². The van der Waals surface area contributed by atoms with E-state index in [9.17, 15) is 14.9 Å². The Morgan fingerprint density at radius 2 is 1.92 bits per heavy atom. The second-order valence-corrected chi connectivity index (χ2v) is 7.62. The maximum atomic E-state index is 12.1. The lowest BCUT2D eigenvalue weighted by molar-refractivity contribution is 0.569. The van der Waals surface area contributed by atoms with Crippen molar-refractivity contribution in [2.24, 2.45) is 14.1 Å². The van der Waals surface area contributed by atoms with Crippen molar-refractivity contribution in [2.45, 2.75) is 39.2 Å². The molecule has 1 atom stereocenters. The minimum Gasteiger partial charge on any atom is -0.361 e. The van der Waals surface area contributed by atoms with Crippen molar-refractivity contribution in [1.82, 2.24) is 14.1 Å². The monoisotopic (exact) mass is 347 g/mol. The smallest absolute Gasteiger partial charge is 0.332 e. The van der Waals surface area contributed by atoms with Crippen molar-refractivity contribution < 1.29 is 0 Å². The Hall–Kier alpha value is -2.40. The van der Waals surface area contributed by atoms with E-state index in [0.29, 0.717) is 0 Å². The average Bonchev–Trinajstić information content (AvgIpc) is 3.01. The molecule has 0 saturated carbocycles. The molecule has 0 saturated heterocycles. The van der Waals surface area contributed by atoms with E-state index >= 15 is 0 Å². The van der Waals surface area contributed by atoms with Crippen LogP contribution in [-0.4, -0.2) is 14.1 Å². The Balaban J connectivity index is 2.45. The van der Waals surface area contributed by atoms with E-state index in [2.05, 4.69) is 31.1 Å². The fourth-order valence-corrected chi connectivity index (χ4v) is 3.26. The van der Waals surface area contributed by atoms with Gasteiger partial charge in [0, 0.05) is 24.9 Å². The molecule has 0 aromatic carbocycles. The first-order valence-corrected chi connectivity index (χ1v) is 8.38. The number of anilines is 1. The lowest BCUT2D eigenvalue weighted by Crippen LogP contribution is -2.40. The van der Waals surface area contributed by atoms with Crippen molar-refractivity contribution in [3.63, 3.8) is 0 Å². The lowest BCUT2D eigenvalue weighted by Gasteiger charge is -2.18. The van der Waals surface area contributed by atoms with Gasteiger partial charge in [0.2, 0.25) is 0 Å². The van der Waals surface area contributed by atoms with E-state index < -0.39 is 11.2 Å². The highest BCUT2D eigenvalue weighted by Crippen LogP contribution is 2.28. The third-order valence-electron chi connectivity index (χ3n) is 3.79. The van der Waals surface area contributed by atoms with Crippen molar-refractivity contribution in [2.75, 3.05) is 5.32 Å². The normalized spacial score (nSPS) is 12.7. The molecule has 0 aliphatic heterocycles. The molecule has 0 aliphatic carbocycles. The molecule has 2 heterocycles. The topological polar surface area (TPSA) is 92.7 Å². The summed E-state index contributed by atoms with van der Waals surface area (Å²) in [6.45, 7) is 8.14. The molecule has 0 amide bonds. The van der Waals surface area contributed by atoms with Gasteiger partial charge in [-0.3, -0.25) is 13.9 Å². The Morgan fingerprint density at radius 3 is 2.42 bits per heavy atom. The molecule has 2 aromatic heterocycles. The summed E-state index contributed by atoms with van der Waals surface area (Å²) in [5.74, 6) is 0.214. The predicted molar refractivity (Wildman–Crippen MR) is 94.5 cm³/mol. The number of hydrogen-bond donors (Lipinski definition) is 1. The standard InChI is InChI=1S/C16H21N5O2S/c1-9(13-19-11(8-24-13)16(2,3)4)18-12-10(7-17)14(22)21(6)15(23)20(12)5/h8-9,18H,1-6H3/t9-/m1/s1. The Bertz CT molecular complexity index is 924. The van der Waals surface area contributed by atoms with Crippen LogP contribution in [-0.2, 0) is 19.5 Å². The van der Waals surface area contributed by atoms with Crippen LogP contribution in [0.4, 0.5) is 5.82 Å². The molecule has 2 rings (SSSR count). The molecule has 7 nitrogen and oxygen atoms in total. The van der Waals surface area contributed by atoms with E-state index in [4.69, 9.17) is 0 Å². The summed E-state index contributed by atoms with van der Waals surface area (Å²) >= 11 is 1.51. The van der Waals surface area contributed by atoms with Crippen LogP contribution in [0, 0.1) is 11.3 Å². The number of aromatic nitrogens is 3. The lowest BCUT2D eigenvalue weighted by atomic mass is 9.93. The third-order valence-corrected chi connectivity index (χ3v) is 4.82. The van der Waals surface area contributed by atoms with Crippen LogP contribution in [0.25, 0.3) is 0 Å². The highest BCUT2D eigenvalue weighted by atomic mass is 32.1. The first-order chi connectivity index (χ1) is 11.1. The minimum absolute atomic E-state index is 0.0537. The molecular formula is C16H21N5O2S. The number of nitrogens with zero attached hydrogens (tertiary/aromatic N) is 4. The zero-order valence-corrected chi connectivity index (χ0v) is 15.5. The van der Waals surface area contributed by atoms with Gasteiger partial charge in [-0.1, -0.05) is 20.8 Å². The number of thiazole rings is 1. The summed E-state index contributed by atoms with van der Waals surface area (Å²) in [4.78, 5) is 28.8. The quantitative estimate of drug-likeness (QED) is 0.915. The van der Waals surface area contributed by atoms with Gasteiger partial charge in [0.25, 0.3) is 5.56 Å². The maximum absolute atomic E-state index is 12.1. The van der Waals surface area contributed by atoms with E-state index in [-0.39, 0.29) is 22.8 Å². The second-order valence-electron chi connectivity index (χ2n) is 6.73. The average molecular weight is 347 g/mol. The first-order valence-electron chi connectivity index (χ1n) is 7.50. The van der Waals surface area contributed by atoms with Crippen LogP contribution in [0.15, 0.2) is 15.0 Å². The zero-order chi connectivity index (χ0) is 18.2. The van der Waals surface area contributed by atoms with Gasteiger partial charge in [0.15, 0.2) is 5.56 Å². The van der Waals surface area contributed by atoms with Gasteiger partial charge in [0.1, 0.15) is 16.9 Å². The molecule has 24 heavy (non-hydrogen) atoms. The summed E-state index contributed by atoms with van der Waals surface area (Å²) in [5.41, 5.74) is -0.247. The molecule has 1 N–H and O–H groups in total. The van der Waals surface area contributed by atoms with E-state index in [1.54, 1.807) is 0 Å². The summed E-state index contributed by atoms with van der Waals surface area (Å²) in [5, 5.41) is 15.2. The Morgan fingerprint density at radius 1 is 1.29 bits per heavy atom. The number of nitriles is 1. The predicted octanol–water partition coefficient (Wildman–Crippen LogP) is 1.88. The molecule has 128 valence electrons. The largest absolute Gasteiger partial charge is 0.361 e. The second kappa shape index (κ2) is 6.24. The zero-order valence-electron chi connectivity index (χ0n) is 14.7. The van der Waals surface area contributed by atoms with Gasteiger partial charge in [-0.15, -0.1) is 11.3 Å². The third kappa shape index (κ3) is 3.12. The van der Waals surface area contributed by atoms with E-state index in [0.717, 1.165) is 15.3 Å². The Labute approximate surface area is 144 Å². The molecule has 2 aromatic rings.